The summed E-state index contributed by atoms with van der Waals surface area (Å²) in [7, 11) is -0.876. The summed E-state index contributed by atoms with van der Waals surface area (Å²) in [6.45, 7) is 11.2. The lowest BCUT2D eigenvalue weighted by Gasteiger charge is -2.20. The van der Waals surface area contributed by atoms with Crippen LogP contribution in [0.25, 0.3) is 0 Å². The zero-order valence-electron chi connectivity index (χ0n) is 8.64. The Balaban J connectivity index is 2.15. The fourth-order valence-corrected chi connectivity index (χ4v) is 3.29. The van der Waals surface area contributed by atoms with E-state index in [0.717, 1.165) is 0 Å². The summed E-state index contributed by atoms with van der Waals surface area (Å²) in [6, 6.07) is 2.83. The third-order valence-corrected chi connectivity index (χ3v) is 5.47. The van der Waals surface area contributed by atoms with E-state index in [2.05, 4.69) is 37.1 Å². The molecule has 1 rings (SSSR count). The van der Waals surface area contributed by atoms with E-state index in [4.69, 9.17) is 0 Å². The van der Waals surface area contributed by atoms with Crippen LogP contribution >= 0.6 is 0 Å². The van der Waals surface area contributed by atoms with Gasteiger partial charge in [0, 0.05) is 13.1 Å². The third-order valence-electron chi connectivity index (χ3n) is 2.55. The second-order valence-corrected chi connectivity index (χ2v) is 9.77. The maximum atomic E-state index is 2.53. The minimum Gasteiger partial charge on any atom is -0.301 e. The number of hydrogen-bond acceptors (Lipinski definition) is 1. The Morgan fingerprint density at radius 1 is 1.33 bits per heavy atom. The normalized spacial score (nSPS) is 18.9. The smallest absolute Gasteiger partial charge is 0.0523 e. The summed E-state index contributed by atoms with van der Waals surface area (Å²) in [5.41, 5.74) is 0. The lowest BCUT2D eigenvalue weighted by molar-refractivity contribution is 0.589. The topological polar surface area (TPSA) is 3.01 Å². The molecule has 12 heavy (non-hydrogen) atoms. The molecule has 0 N–H and O–H groups in total. The first-order valence-electron chi connectivity index (χ1n) is 4.97. The first kappa shape index (κ1) is 10.0. The monoisotopic (exact) mass is 183 g/mol. The molecule has 70 valence electrons. The van der Waals surface area contributed by atoms with Gasteiger partial charge in [0.15, 0.2) is 0 Å². The van der Waals surface area contributed by atoms with E-state index in [1.165, 1.54) is 31.7 Å². The Morgan fingerprint density at radius 2 is 2.00 bits per heavy atom. The second kappa shape index (κ2) is 4.24. The number of hydrogen-bond donors (Lipinski definition) is 0. The minimum atomic E-state index is -0.876. The van der Waals surface area contributed by atoms with Gasteiger partial charge in [0.25, 0.3) is 0 Å². The molecule has 0 radical (unpaired) electrons. The maximum Gasteiger partial charge on any atom is 0.0523 e. The molecular weight excluding hydrogens is 162 g/mol. The van der Waals surface area contributed by atoms with E-state index < -0.39 is 8.07 Å². The predicted molar refractivity (Wildman–Crippen MR) is 58.4 cm³/mol. The Morgan fingerprint density at radius 3 is 2.50 bits per heavy atom. The van der Waals surface area contributed by atoms with Crippen molar-refractivity contribution in [2.45, 2.75) is 32.1 Å². The van der Waals surface area contributed by atoms with Crippen molar-refractivity contribution < 1.29 is 0 Å². The first-order valence-corrected chi connectivity index (χ1v) is 8.39. The van der Waals surface area contributed by atoms with Crippen LogP contribution in [0.1, 0.15) is 6.92 Å². The van der Waals surface area contributed by atoms with Crippen LogP contribution in [0.3, 0.4) is 0 Å². The summed E-state index contributed by atoms with van der Waals surface area (Å²) < 4.78 is 0. The molecule has 0 amide bonds. The molecule has 0 spiro atoms. The molecule has 1 aliphatic heterocycles. The van der Waals surface area contributed by atoms with Crippen molar-refractivity contribution in [3.8, 4) is 0 Å². The SMILES string of the molecule is CC=CC[Si](C)(C)CCN1CC1. The summed E-state index contributed by atoms with van der Waals surface area (Å²) >= 11 is 0. The molecule has 0 aromatic carbocycles. The minimum absolute atomic E-state index is 0.876. The zero-order chi connectivity index (χ0) is 9.03. The molecule has 1 heterocycles. The Labute approximate surface area is 77.5 Å². The fraction of sp³-hybridized carbons (Fsp3) is 0.800. The molecule has 0 aliphatic carbocycles. The molecule has 0 bridgehead atoms. The summed E-state index contributed by atoms with van der Waals surface area (Å²) in [5.74, 6) is 0. The molecule has 2 heteroatoms. The summed E-state index contributed by atoms with van der Waals surface area (Å²) in [4.78, 5) is 2.53. The van der Waals surface area contributed by atoms with E-state index in [9.17, 15) is 0 Å². The number of allylic oxidation sites excluding steroid dienone is 2. The van der Waals surface area contributed by atoms with Crippen molar-refractivity contribution in [1.82, 2.24) is 4.90 Å². The highest BCUT2D eigenvalue weighted by molar-refractivity contribution is 6.77. The lowest BCUT2D eigenvalue weighted by Crippen LogP contribution is -2.27. The molecule has 0 saturated carbocycles. The standard InChI is InChI=1S/C10H21NSi/c1-4-5-9-12(2,3)10-8-11-6-7-11/h4-5H,6-10H2,1-3H3. The van der Waals surface area contributed by atoms with Gasteiger partial charge in [0.1, 0.15) is 0 Å². The Kier molecular flexibility index (Phi) is 3.53. The van der Waals surface area contributed by atoms with E-state index in [0.29, 0.717) is 0 Å². The van der Waals surface area contributed by atoms with E-state index >= 15 is 0 Å². The second-order valence-electron chi connectivity index (χ2n) is 4.53. The molecule has 1 nitrogen and oxygen atoms in total. The molecule has 0 aromatic rings. The van der Waals surface area contributed by atoms with Gasteiger partial charge >= 0.3 is 0 Å². The van der Waals surface area contributed by atoms with Gasteiger partial charge < -0.3 is 4.90 Å². The zero-order valence-corrected chi connectivity index (χ0v) is 9.64. The molecular formula is C10H21NSi. The molecule has 0 atom stereocenters. The lowest BCUT2D eigenvalue weighted by atomic mass is 10.6. The van der Waals surface area contributed by atoms with Crippen molar-refractivity contribution in [1.29, 1.82) is 0 Å². The van der Waals surface area contributed by atoms with Crippen LogP contribution < -0.4 is 0 Å². The molecule has 0 unspecified atom stereocenters. The van der Waals surface area contributed by atoms with Gasteiger partial charge in [-0.05, 0) is 25.6 Å². The number of nitrogens with zero attached hydrogens (tertiary/aromatic N) is 1. The van der Waals surface area contributed by atoms with Crippen LogP contribution in [0.2, 0.25) is 25.2 Å². The van der Waals surface area contributed by atoms with Crippen molar-refractivity contribution in [2.75, 3.05) is 19.6 Å². The average Bonchev–Trinajstić information content (AvgIpc) is 2.81. The van der Waals surface area contributed by atoms with Crippen molar-refractivity contribution in [2.24, 2.45) is 0 Å². The van der Waals surface area contributed by atoms with Crippen LogP contribution in [0, 0.1) is 0 Å². The highest BCUT2D eigenvalue weighted by Crippen LogP contribution is 2.18. The van der Waals surface area contributed by atoms with Gasteiger partial charge in [-0.15, -0.1) is 0 Å². The van der Waals surface area contributed by atoms with Crippen molar-refractivity contribution in [3.05, 3.63) is 12.2 Å². The van der Waals surface area contributed by atoms with Crippen molar-refractivity contribution >= 4 is 8.07 Å². The third kappa shape index (κ3) is 4.07. The quantitative estimate of drug-likeness (QED) is 0.360. The van der Waals surface area contributed by atoms with Gasteiger partial charge in [-0.3, -0.25) is 0 Å². The van der Waals surface area contributed by atoms with E-state index in [-0.39, 0.29) is 0 Å². The summed E-state index contributed by atoms with van der Waals surface area (Å²) in [5, 5.41) is 0. The fourth-order valence-electron chi connectivity index (χ4n) is 1.29. The van der Waals surface area contributed by atoms with Crippen LogP contribution in [0.15, 0.2) is 12.2 Å². The molecule has 0 aromatic heterocycles. The Hall–Kier alpha value is -0.0831. The first-order chi connectivity index (χ1) is 5.64. The van der Waals surface area contributed by atoms with Crippen LogP contribution in [0.5, 0.6) is 0 Å². The highest BCUT2D eigenvalue weighted by atomic mass is 28.3. The number of rotatable bonds is 5. The molecule has 1 aliphatic rings. The van der Waals surface area contributed by atoms with Crippen LogP contribution in [-0.4, -0.2) is 32.6 Å². The molecule has 1 fully saturated rings. The van der Waals surface area contributed by atoms with Crippen molar-refractivity contribution in [3.63, 3.8) is 0 Å². The van der Waals surface area contributed by atoms with Crippen LogP contribution in [-0.2, 0) is 0 Å². The van der Waals surface area contributed by atoms with Gasteiger partial charge in [0.05, 0.1) is 8.07 Å². The predicted octanol–water partition coefficient (Wildman–Crippen LogP) is 2.59. The van der Waals surface area contributed by atoms with Gasteiger partial charge in [0.2, 0.25) is 0 Å². The Bertz CT molecular complexity index is 159. The van der Waals surface area contributed by atoms with E-state index in [1.807, 2.05) is 0 Å². The maximum absolute atomic E-state index is 2.53. The summed E-state index contributed by atoms with van der Waals surface area (Å²) in [6.07, 6.45) is 4.53. The molecule has 1 saturated heterocycles. The average molecular weight is 183 g/mol. The highest BCUT2D eigenvalue weighted by Gasteiger charge is 2.23. The van der Waals surface area contributed by atoms with Crippen LogP contribution in [0.4, 0.5) is 0 Å². The van der Waals surface area contributed by atoms with Gasteiger partial charge in [-0.2, -0.15) is 0 Å². The van der Waals surface area contributed by atoms with E-state index in [1.54, 1.807) is 0 Å². The van der Waals surface area contributed by atoms with Gasteiger partial charge in [-0.1, -0.05) is 25.2 Å². The van der Waals surface area contributed by atoms with Gasteiger partial charge in [-0.25, -0.2) is 0 Å². The largest absolute Gasteiger partial charge is 0.301 e.